The average Bonchev–Trinajstić information content (AvgIpc) is 2.31. The number of methoxy groups -OCH3 is 1. The predicted octanol–water partition coefficient (Wildman–Crippen LogP) is 0.921. The van der Waals surface area contributed by atoms with Gasteiger partial charge in [-0.2, -0.15) is 0 Å². The third-order valence-electron chi connectivity index (χ3n) is 2.68. The largest absolute Gasteiger partial charge is 0.468 e. The first kappa shape index (κ1) is 18.2. The lowest BCUT2D eigenvalue weighted by atomic mass is 10.0. The van der Waals surface area contributed by atoms with Crippen molar-refractivity contribution in [2.75, 3.05) is 20.7 Å². The molecule has 0 spiro atoms. The number of rotatable bonds is 4. The fourth-order valence-corrected chi connectivity index (χ4v) is 1.15. The molecule has 0 unspecified atom stereocenters. The van der Waals surface area contributed by atoms with Crippen molar-refractivity contribution in [2.45, 2.75) is 45.8 Å². The zero-order valence-electron chi connectivity index (χ0n) is 13.2. The molecule has 0 fully saturated rings. The smallest absolute Gasteiger partial charge is 0.410 e. The molecular weight excluding hydrogens is 264 g/mol. The highest BCUT2D eigenvalue weighted by atomic mass is 16.6. The Bertz CT molecular complexity index is 385. The van der Waals surface area contributed by atoms with E-state index in [-0.39, 0.29) is 6.54 Å². The fraction of sp³-hybridized carbons (Fsp3) is 0.769. The van der Waals surface area contributed by atoms with Gasteiger partial charge in [0.05, 0.1) is 7.11 Å². The Labute approximate surface area is 119 Å². The number of nitrogens with one attached hydrogen (secondary N) is 1. The van der Waals surface area contributed by atoms with Crippen molar-refractivity contribution in [3.05, 3.63) is 0 Å². The predicted molar refractivity (Wildman–Crippen MR) is 73.1 cm³/mol. The van der Waals surface area contributed by atoms with Gasteiger partial charge in [0, 0.05) is 7.05 Å². The van der Waals surface area contributed by atoms with Crippen LogP contribution < -0.4 is 5.32 Å². The van der Waals surface area contributed by atoms with Gasteiger partial charge in [0.25, 0.3) is 0 Å². The number of nitrogens with zero attached hydrogens (tertiary/aromatic N) is 1. The molecule has 116 valence electrons. The van der Waals surface area contributed by atoms with Crippen LogP contribution in [0.3, 0.4) is 0 Å². The molecule has 0 radical (unpaired) electrons. The number of hydrogen-bond acceptors (Lipinski definition) is 5. The maximum Gasteiger partial charge on any atom is 0.410 e. The minimum absolute atomic E-state index is 0.249. The highest BCUT2D eigenvalue weighted by molar-refractivity contribution is 5.91. The van der Waals surface area contributed by atoms with E-state index < -0.39 is 29.1 Å². The van der Waals surface area contributed by atoms with Gasteiger partial charge in [-0.1, -0.05) is 0 Å². The van der Waals surface area contributed by atoms with Crippen molar-refractivity contribution in [2.24, 2.45) is 0 Å². The number of carbonyl (C=O) groups excluding carboxylic acids is 3. The van der Waals surface area contributed by atoms with Crippen LogP contribution in [0.5, 0.6) is 0 Å². The van der Waals surface area contributed by atoms with Gasteiger partial charge in [0.2, 0.25) is 5.91 Å². The third kappa shape index (κ3) is 5.46. The molecule has 0 aliphatic rings. The van der Waals surface area contributed by atoms with Crippen LogP contribution in [0, 0.1) is 0 Å². The molecule has 0 bridgehead atoms. The van der Waals surface area contributed by atoms with Crippen molar-refractivity contribution < 1.29 is 23.9 Å². The molecule has 0 heterocycles. The molecule has 0 aromatic rings. The minimum Gasteiger partial charge on any atom is -0.468 e. The van der Waals surface area contributed by atoms with Crippen LogP contribution in [0.4, 0.5) is 4.79 Å². The van der Waals surface area contributed by atoms with E-state index in [1.807, 2.05) is 0 Å². The van der Waals surface area contributed by atoms with Crippen LogP contribution in [0.1, 0.15) is 34.6 Å². The quantitative estimate of drug-likeness (QED) is 0.778. The second-order valence-electron chi connectivity index (χ2n) is 5.86. The summed E-state index contributed by atoms with van der Waals surface area (Å²) in [7, 11) is 2.69. The summed E-state index contributed by atoms with van der Waals surface area (Å²) in [6, 6.07) is 0. The average molecular weight is 288 g/mol. The second kappa shape index (κ2) is 6.58. The monoisotopic (exact) mass is 288 g/mol. The Morgan fingerprint density at radius 1 is 1.10 bits per heavy atom. The summed E-state index contributed by atoms with van der Waals surface area (Å²) in [5, 5.41) is 2.41. The Morgan fingerprint density at radius 2 is 1.60 bits per heavy atom. The Morgan fingerprint density at radius 3 is 2.00 bits per heavy atom. The summed E-state index contributed by atoms with van der Waals surface area (Å²) >= 11 is 0. The number of amides is 2. The van der Waals surface area contributed by atoms with Crippen molar-refractivity contribution in [1.82, 2.24) is 10.2 Å². The van der Waals surface area contributed by atoms with Crippen molar-refractivity contribution in [3.63, 3.8) is 0 Å². The number of likely N-dealkylation sites (N-methyl/N-ethyl adjacent to an activating group) is 1. The molecule has 0 aliphatic carbocycles. The molecule has 7 nitrogen and oxygen atoms in total. The zero-order chi connectivity index (χ0) is 16.1. The Kier molecular flexibility index (Phi) is 5.99. The highest BCUT2D eigenvalue weighted by Crippen LogP contribution is 2.17. The van der Waals surface area contributed by atoms with Gasteiger partial charge in [0.15, 0.2) is 0 Å². The molecule has 0 aromatic carbocycles. The maximum absolute atomic E-state index is 12.0. The topological polar surface area (TPSA) is 84.9 Å². The first-order valence-corrected chi connectivity index (χ1v) is 6.23. The highest BCUT2D eigenvalue weighted by Gasteiger charge is 2.37. The van der Waals surface area contributed by atoms with Crippen molar-refractivity contribution in [3.8, 4) is 0 Å². The maximum atomic E-state index is 12.0. The van der Waals surface area contributed by atoms with Gasteiger partial charge in [-0.15, -0.1) is 0 Å². The Hall–Kier alpha value is -1.79. The van der Waals surface area contributed by atoms with E-state index in [0.717, 1.165) is 0 Å². The lowest BCUT2D eigenvalue weighted by Crippen LogP contribution is -2.56. The molecule has 0 saturated heterocycles. The van der Waals surface area contributed by atoms with Gasteiger partial charge in [0.1, 0.15) is 17.7 Å². The van der Waals surface area contributed by atoms with Gasteiger partial charge in [-0.05, 0) is 34.6 Å². The summed E-state index contributed by atoms with van der Waals surface area (Å²) in [4.78, 5) is 36.1. The van der Waals surface area contributed by atoms with Gasteiger partial charge in [-0.3, -0.25) is 14.5 Å². The molecule has 0 atom stereocenters. The van der Waals surface area contributed by atoms with E-state index in [4.69, 9.17) is 4.74 Å². The van der Waals surface area contributed by atoms with E-state index in [1.54, 1.807) is 34.6 Å². The molecular formula is C13H24N2O5. The number of esters is 1. The molecule has 20 heavy (non-hydrogen) atoms. The lowest BCUT2D eigenvalue weighted by molar-refractivity contribution is -0.142. The van der Waals surface area contributed by atoms with Gasteiger partial charge < -0.3 is 14.8 Å². The Balaban J connectivity index is 4.72. The molecule has 2 amide bonds. The summed E-state index contributed by atoms with van der Waals surface area (Å²) in [6.45, 7) is 8.09. The first-order valence-electron chi connectivity index (χ1n) is 6.23. The molecule has 7 heteroatoms. The first-order chi connectivity index (χ1) is 8.91. The minimum atomic E-state index is -1.16. The number of carbonyl (C=O) groups is 3. The molecule has 0 saturated carbocycles. The van der Waals surface area contributed by atoms with Crippen LogP contribution in [-0.2, 0) is 19.1 Å². The van der Waals surface area contributed by atoms with Crippen LogP contribution in [-0.4, -0.2) is 54.7 Å². The van der Waals surface area contributed by atoms with Gasteiger partial charge in [-0.25, -0.2) is 4.79 Å². The van der Waals surface area contributed by atoms with E-state index in [2.05, 4.69) is 10.1 Å². The fourth-order valence-electron chi connectivity index (χ4n) is 1.15. The number of ether oxygens (including phenoxy) is 2. The summed E-state index contributed by atoms with van der Waals surface area (Å²) in [5.74, 6) is -1.04. The zero-order valence-corrected chi connectivity index (χ0v) is 13.2. The summed E-state index contributed by atoms with van der Waals surface area (Å²) in [6.07, 6.45) is -0.615. The molecule has 0 rings (SSSR count). The van der Waals surface area contributed by atoms with Crippen molar-refractivity contribution >= 4 is 18.0 Å². The summed E-state index contributed by atoms with van der Waals surface area (Å²) in [5.41, 5.74) is -1.81. The van der Waals surface area contributed by atoms with E-state index in [1.165, 1.54) is 19.1 Å². The van der Waals surface area contributed by atoms with Crippen LogP contribution in [0.25, 0.3) is 0 Å². The number of hydrogen-bond donors (Lipinski definition) is 1. The van der Waals surface area contributed by atoms with Crippen molar-refractivity contribution in [1.29, 1.82) is 0 Å². The van der Waals surface area contributed by atoms with Crippen LogP contribution in [0.2, 0.25) is 0 Å². The van der Waals surface area contributed by atoms with E-state index in [9.17, 15) is 14.4 Å². The molecule has 0 aromatic heterocycles. The third-order valence-corrected chi connectivity index (χ3v) is 2.68. The normalized spacial score (nSPS) is 11.6. The molecule has 0 aliphatic heterocycles. The van der Waals surface area contributed by atoms with E-state index in [0.29, 0.717) is 0 Å². The SMILES string of the molecule is COC(=O)CNC(=O)C(C)(C)N(C)C(=O)OC(C)(C)C. The lowest BCUT2D eigenvalue weighted by Gasteiger charge is -2.35. The summed E-state index contributed by atoms with van der Waals surface area (Å²) < 4.78 is 9.63. The molecule has 1 N–H and O–H groups in total. The van der Waals surface area contributed by atoms with E-state index >= 15 is 0 Å². The van der Waals surface area contributed by atoms with Gasteiger partial charge >= 0.3 is 12.1 Å². The van der Waals surface area contributed by atoms with Crippen LogP contribution >= 0.6 is 0 Å². The second-order valence-corrected chi connectivity index (χ2v) is 5.86. The standard InChI is InChI=1S/C13H24N2O5/c1-12(2,3)20-11(18)15(6)13(4,5)10(17)14-8-9(16)19-7/h8H2,1-7H3,(H,14,17). The van der Waals surface area contributed by atoms with Crippen LogP contribution in [0.15, 0.2) is 0 Å².